The third kappa shape index (κ3) is 5.56. The third-order valence-corrected chi connectivity index (χ3v) is 4.88. The summed E-state index contributed by atoms with van der Waals surface area (Å²) in [6.45, 7) is 2.89. The monoisotopic (exact) mass is 425 g/mol. The van der Waals surface area contributed by atoms with Gasteiger partial charge in [-0.25, -0.2) is 4.79 Å². The Balaban J connectivity index is 1.63. The molecule has 10 heteroatoms. The van der Waals surface area contributed by atoms with Gasteiger partial charge in [0.2, 0.25) is 5.91 Å². The molecule has 0 spiro atoms. The Morgan fingerprint density at radius 2 is 1.65 bits per heavy atom. The van der Waals surface area contributed by atoms with E-state index in [0.717, 1.165) is 18.9 Å². The maximum Gasteiger partial charge on any atom is 0.321 e. The molecule has 0 radical (unpaired) electrons. The molecule has 10 nitrogen and oxygen atoms in total. The highest BCUT2D eigenvalue weighted by molar-refractivity contribution is 6.03. The number of carbonyl (C=O) groups excluding carboxylic acids is 3. The van der Waals surface area contributed by atoms with E-state index >= 15 is 0 Å². The number of carbonyl (C=O) groups is 3. The number of urea groups is 1. The molecule has 1 heterocycles. The van der Waals surface area contributed by atoms with Crippen LogP contribution in [0.4, 0.5) is 21.9 Å². The number of likely N-dealkylation sites (tertiary alicyclic amines) is 1. The summed E-state index contributed by atoms with van der Waals surface area (Å²) in [5, 5.41) is 18.9. The SMILES string of the molecule is CC(NC(=O)c1cccc([N+](=O)[O-])c1)C(=O)Nc1ccccc1NC(=O)N1CCCC1. The van der Waals surface area contributed by atoms with Crippen molar-refractivity contribution in [2.24, 2.45) is 0 Å². The molecule has 3 rings (SSSR count). The van der Waals surface area contributed by atoms with E-state index in [4.69, 9.17) is 0 Å². The topological polar surface area (TPSA) is 134 Å². The van der Waals surface area contributed by atoms with Crippen LogP contribution in [0, 0.1) is 10.1 Å². The summed E-state index contributed by atoms with van der Waals surface area (Å²) >= 11 is 0. The summed E-state index contributed by atoms with van der Waals surface area (Å²) in [6.07, 6.45) is 1.93. The van der Waals surface area contributed by atoms with Gasteiger partial charge in [-0.15, -0.1) is 0 Å². The van der Waals surface area contributed by atoms with Crippen molar-refractivity contribution >= 4 is 34.9 Å². The van der Waals surface area contributed by atoms with Crippen molar-refractivity contribution in [3.63, 3.8) is 0 Å². The number of amides is 4. The van der Waals surface area contributed by atoms with E-state index in [1.165, 1.54) is 25.1 Å². The zero-order valence-corrected chi connectivity index (χ0v) is 17.0. The number of benzene rings is 2. The molecule has 162 valence electrons. The average molecular weight is 425 g/mol. The minimum absolute atomic E-state index is 0.0760. The van der Waals surface area contributed by atoms with E-state index in [9.17, 15) is 24.5 Å². The lowest BCUT2D eigenvalue weighted by Gasteiger charge is -2.19. The second kappa shape index (κ2) is 9.70. The van der Waals surface area contributed by atoms with E-state index in [1.807, 2.05) is 0 Å². The van der Waals surface area contributed by atoms with Crippen LogP contribution in [0.15, 0.2) is 48.5 Å². The van der Waals surface area contributed by atoms with Crippen molar-refractivity contribution in [2.45, 2.75) is 25.8 Å². The molecule has 31 heavy (non-hydrogen) atoms. The number of nitrogens with zero attached hydrogens (tertiary/aromatic N) is 2. The van der Waals surface area contributed by atoms with Crippen LogP contribution in [0.3, 0.4) is 0 Å². The van der Waals surface area contributed by atoms with Gasteiger partial charge in [0.15, 0.2) is 0 Å². The molecule has 1 atom stereocenters. The van der Waals surface area contributed by atoms with Crippen LogP contribution in [0.2, 0.25) is 0 Å². The standard InChI is InChI=1S/C21H23N5O5/c1-14(22-20(28)15-7-6-8-16(13-15)26(30)31)19(27)23-17-9-2-3-10-18(17)24-21(29)25-11-4-5-12-25/h2-3,6-10,13-14H,4-5,11-12H2,1H3,(H,22,28)(H,23,27)(H,24,29). The number of nitro benzene ring substituents is 1. The molecule has 1 unspecified atom stereocenters. The van der Waals surface area contributed by atoms with Gasteiger partial charge >= 0.3 is 6.03 Å². The van der Waals surface area contributed by atoms with Crippen molar-refractivity contribution in [1.82, 2.24) is 10.2 Å². The smallest absolute Gasteiger partial charge is 0.321 e. The normalized spacial score (nSPS) is 13.9. The lowest BCUT2D eigenvalue weighted by atomic mass is 10.1. The van der Waals surface area contributed by atoms with E-state index < -0.39 is 22.8 Å². The number of non-ortho nitro benzene ring substituents is 1. The van der Waals surface area contributed by atoms with Gasteiger partial charge in [-0.05, 0) is 38.0 Å². The Kier molecular flexibility index (Phi) is 6.81. The number of para-hydroxylation sites is 2. The Morgan fingerprint density at radius 1 is 1.00 bits per heavy atom. The molecular weight excluding hydrogens is 402 g/mol. The number of anilines is 2. The van der Waals surface area contributed by atoms with Crippen LogP contribution >= 0.6 is 0 Å². The van der Waals surface area contributed by atoms with Gasteiger partial charge in [0.1, 0.15) is 6.04 Å². The first kappa shape index (κ1) is 21.8. The molecule has 2 aromatic rings. The molecule has 2 aromatic carbocycles. The summed E-state index contributed by atoms with van der Waals surface area (Å²) in [7, 11) is 0. The van der Waals surface area contributed by atoms with Crippen molar-refractivity contribution in [2.75, 3.05) is 23.7 Å². The average Bonchev–Trinajstić information content (AvgIpc) is 3.30. The lowest BCUT2D eigenvalue weighted by molar-refractivity contribution is -0.384. The summed E-state index contributed by atoms with van der Waals surface area (Å²) in [5.74, 6) is -1.11. The first-order valence-electron chi connectivity index (χ1n) is 9.86. The number of nitrogens with one attached hydrogen (secondary N) is 3. The Hall–Kier alpha value is -3.95. The first-order valence-corrected chi connectivity index (χ1v) is 9.86. The summed E-state index contributed by atoms with van der Waals surface area (Å²) < 4.78 is 0. The first-order chi connectivity index (χ1) is 14.8. The fourth-order valence-corrected chi connectivity index (χ4v) is 3.16. The van der Waals surface area contributed by atoms with Crippen molar-refractivity contribution in [3.05, 3.63) is 64.2 Å². The quantitative estimate of drug-likeness (QED) is 0.483. The fraction of sp³-hybridized carbons (Fsp3) is 0.286. The summed E-state index contributed by atoms with van der Waals surface area (Å²) in [4.78, 5) is 49.3. The van der Waals surface area contributed by atoms with Crippen LogP contribution in [-0.4, -0.2) is 46.8 Å². The second-order valence-corrected chi connectivity index (χ2v) is 7.16. The highest BCUT2D eigenvalue weighted by atomic mass is 16.6. The minimum atomic E-state index is -0.922. The maximum absolute atomic E-state index is 12.6. The van der Waals surface area contributed by atoms with Gasteiger partial charge in [0, 0.05) is 30.8 Å². The molecule has 1 fully saturated rings. The molecule has 1 aliphatic heterocycles. The second-order valence-electron chi connectivity index (χ2n) is 7.16. The van der Waals surface area contributed by atoms with Crippen molar-refractivity contribution in [3.8, 4) is 0 Å². The van der Waals surface area contributed by atoms with Crippen molar-refractivity contribution in [1.29, 1.82) is 0 Å². The molecule has 4 amide bonds. The van der Waals surface area contributed by atoms with Gasteiger partial charge in [-0.3, -0.25) is 19.7 Å². The van der Waals surface area contributed by atoms with Gasteiger partial charge < -0.3 is 20.9 Å². The molecule has 0 aliphatic carbocycles. The molecule has 1 saturated heterocycles. The van der Waals surface area contributed by atoms with Crippen LogP contribution in [0.5, 0.6) is 0 Å². The van der Waals surface area contributed by atoms with Crippen LogP contribution in [-0.2, 0) is 4.79 Å². The van der Waals surface area contributed by atoms with Gasteiger partial charge in [0.05, 0.1) is 16.3 Å². The number of hydrogen-bond donors (Lipinski definition) is 3. The lowest BCUT2D eigenvalue weighted by Crippen LogP contribution is -2.41. The largest absolute Gasteiger partial charge is 0.341 e. The number of rotatable bonds is 6. The van der Waals surface area contributed by atoms with Crippen LogP contribution < -0.4 is 16.0 Å². The number of nitro groups is 1. The van der Waals surface area contributed by atoms with E-state index in [0.29, 0.717) is 24.5 Å². The molecule has 1 aliphatic rings. The van der Waals surface area contributed by atoms with Gasteiger partial charge in [0.25, 0.3) is 11.6 Å². The Bertz CT molecular complexity index is 1000. The molecule has 0 aromatic heterocycles. The van der Waals surface area contributed by atoms with Crippen LogP contribution in [0.25, 0.3) is 0 Å². The van der Waals surface area contributed by atoms with E-state index in [1.54, 1.807) is 29.2 Å². The number of hydrogen-bond acceptors (Lipinski definition) is 5. The van der Waals surface area contributed by atoms with Gasteiger partial charge in [-0.1, -0.05) is 18.2 Å². The van der Waals surface area contributed by atoms with E-state index in [2.05, 4.69) is 16.0 Å². The fourth-order valence-electron chi connectivity index (χ4n) is 3.16. The molecular formula is C21H23N5O5. The summed E-state index contributed by atoms with van der Waals surface area (Å²) in [6, 6.07) is 10.9. The molecule has 0 saturated carbocycles. The Morgan fingerprint density at radius 3 is 2.29 bits per heavy atom. The predicted molar refractivity (Wildman–Crippen MR) is 115 cm³/mol. The summed E-state index contributed by atoms with van der Waals surface area (Å²) in [5.41, 5.74) is 0.709. The highest BCUT2D eigenvalue weighted by Gasteiger charge is 2.21. The molecule has 0 bridgehead atoms. The zero-order chi connectivity index (χ0) is 22.4. The van der Waals surface area contributed by atoms with Crippen LogP contribution in [0.1, 0.15) is 30.1 Å². The molecule has 3 N–H and O–H groups in total. The van der Waals surface area contributed by atoms with E-state index in [-0.39, 0.29) is 17.3 Å². The Labute approximate surface area is 178 Å². The maximum atomic E-state index is 12.6. The minimum Gasteiger partial charge on any atom is -0.341 e. The van der Waals surface area contributed by atoms with Gasteiger partial charge in [-0.2, -0.15) is 0 Å². The third-order valence-electron chi connectivity index (χ3n) is 4.88. The zero-order valence-electron chi connectivity index (χ0n) is 17.0. The predicted octanol–water partition coefficient (Wildman–Crippen LogP) is 2.98. The van der Waals surface area contributed by atoms with Crippen molar-refractivity contribution < 1.29 is 19.3 Å². The highest BCUT2D eigenvalue weighted by Crippen LogP contribution is 2.22.